The van der Waals surface area contributed by atoms with Gasteiger partial charge in [-0.1, -0.05) is 6.92 Å². The zero-order valence-electron chi connectivity index (χ0n) is 9.97. The zero-order chi connectivity index (χ0) is 13.0. The van der Waals surface area contributed by atoms with E-state index in [4.69, 9.17) is 5.84 Å². The van der Waals surface area contributed by atoms with E-state index in [1.165, 1.54) is 11.3 Å². The molecule has 0 aliphatic rings. The Balaban J connectivity index is 2.15. The van der Waals surface area contributed by atoms with Gasteiger partial charge in [-0.25, -0.2) is 10.8 Å². The number of nitrogens with zero attached hydrogens (tertiary/aromatic N) is 2. The van der Waals surface area contributed by atoms with Gasteiger partial charge in [0, 0.05) is 28.9 Å². The molecular weight excluding hydrogens is 270 g/mol. The molecule has 2 aromatic rings. The molecule has 0 aromatic carbocycles. The second-order valence-electron chi connectivity index (χ2n) is 3.54. The molecular formula is C10H15N5OS2. The van der Waals surface area contributed by atoms with Crippen LogP contribution in [0.3, 0.4) is 0 Å². The van der Waals surface area contributed by atoms with Gasteiger partial charge in [0.1, 0.15) is 10.6 Å². The highest BCUT2D eigenvalue weighted by atomic mass is 32.2. The van der Waals surface area contributed by atoms with Gasteiger partial charge in [0.15, 0.2) is 0 Å². The minimum absolute atomic E-state index is 0.379. The summed E-state index contributed by atoms with van der Waals surface area (Å²) in [4.78, 5) is 9.38. The van der Waals surface area contributed by atoms with E-state index in [2.05, 4.69) is 20.7 Å². The lowest BCUT2D eigenvalue weighted by Crippen LogP contribution is -2.15. The van der Waals surface area contributed by atoms with Crippen molar-refractivity contribution in [3.05, 3.63) is 11.4 Å². The smallest absolute Gasteiger partial charge is 0.240 e. The molecule has 2 aromatic heterocycles. The van der Waals surface area contributed by atoms with E-state index in [1.54, 1.807) is 0 Å². The Bertz CT molecular complexity index is 556. The number of nitrogen functional groups attached to an aromatic ring is 1. The second-order valence-corrected chi connectivity index (χ2v) is 6.30. The van der Waals surface area contributed by atoms with Crippen LogP contribution in [-0.2, 0) is 10.8 Å². The Kier molecular flexibility index (Phi) is 4.45. The van der Waals surface area contributed by atoms with Gasteiger partial charge in [0.2, 0.25) is 5.95 Å². The van der Waals surface area contributed by atoms with Crippen molar-refractivity contribution in [2.45, 2.75) is 6.92 Å². The van der Waals surface area contributed by atoms with E-state index in [-0.39, 0.29) is 0 Å². The molecule has 0 fully saturated rings. The van der Waals surface area contributed by atoms with Gasteiger partial charge in [-0.2, -0.15) is 4.98 Å². The molecule has 0 aliphatic heterocycles. The molecule has 0 saturated heterocycles. The van der Waals surface area contributed by atoms with Crippen LogP contribution in [0.4, 0.5) is 11.8 Å². The number of thiophene rings is 1. The van der Waals surface area contributed by atoms with E-state index in [1.807, 2.05) is 18.4 Å². The van der Waals surface area contributed by atoms with Gasteiger partial charge in [-0.15, -0.1) is 11.3 Å². The molecule has 0 radical (unpaired) electrons. The lowest BCUT2D eigenvalue weighted by Gasteiger charge is -2.07. The molecule has 1 unspecified atom stereocenters. The van der Waals surface area contributed by atoms with Gasteiger partial charge in [0.05, 0.1) is 5.39 Å². The zero-order valence-corrected chi connectivity index (χ0v) is 11.6. The number of hydrogen-bond acceptors (Lipinski definition) is 7. The van der Waals surface area contributed by atoms with Gasteiger partial charge in [-0.05, 0) is 11.4 Å². The number of rotatable bonds is 6. The first-order valence-corrected chi connectivity index (χ1v) is 7.92. The Morgan fingerprint density at radius 1 is 1.50 bits per heavy atom. The lowest BCUT2D eigenvalue weighted by atomic mass is 10.4. The SMILES string of the molecule is CCS(=O)CCNc1nc(NN)nc2sccc12. The summed E-state index contributed by atoms with van der Waals surface area (Å²) < 4.78 is 11.3. The predicted octanol–water partition coefficient (Wildman–Crippen LogP) is 1.16. The molecule has 2 heterocycles. The number of anilines is 2. The Morgan fingerprint density at radius 3 is 3.06 bits per heavy atom. The first-order valence-electron chi connectivity index (χ1n) is 5.55. The molecule has 2 rings (SSSR count). The third kappa shape index (κ3) is 2.95. The van der Waals surface area contributed by atoms with E-state index < -0.39 is 10.8 Å². The fraction of sp³-hybridized carbons (Fsp3) is 0.400. The number of aromatic nitrogens is 2. The Labute approximate surface area is 111 Å². The summed E-state index contributed by atoms with van der Waals surface area (Å²) in [6.07, 6.45) is 0. The highest BCUT2D eigenvalue weighted by Crippen LogP contribution is 2.25. The first-order chi connectivity index (χ1) is 8.74. The van der Waals surface area contributed by atoms with Crippen molar-refractivity contribution in [3.63, 3.8) is 0 Å². The number of nitrogens with two attached hydrogens (primary N) is 1. The van der Waals surface area contributed by atoms with Crippen LogP contribution in [0.15, 0.2) is 11.4 Å². The molecule has 0 bridgehead atoms. The monoisotopic (exact) mass is 285 g/mol. The van der Waals surface area contributed by atoms with E-state index >= 15 is 0 Å². The quantitative estimate of drug-likeness (QED) is 0.545. The summed E-state index contributed by atoms with van der Waals surface area (Å²) in [5.74, 6) is 7.72. The van der Waals surface area contributed by atoms with Crippen molar-refractivity contribution in [2.75, 3.05) is 28.8 Å². The van der Waals surface area contributed by atoms with Gasteiger partial charge in [-0.3, -0.25) is 9.63 Å². The molecule has 6 nitrogen and oxygen atoms in total. The number of fused-ring (bicyclic) bond motifs is 1. The summed E-state index contributed by atoms with van der Waals surface area (Å²) >= 11 is 1.53. The molecule has 0 aliphatic carbocycles. The Hall–Kier alpha value is -1.25. The minimum Gasteiger partial charge on any atom is -0.368 e. The van der Waals surface area contributed by atoms with E-state index in [0.717, 1.165) is 16.0 Å². The summed E-state index contributed by atoms with van der Waals surface area (Å²) in [6, 6.07) is 1.96. The molecule has 0 amide bonds. The molecule has 98 valence electrons. The van der Waals surface area contributed by atoms with Crippen molar-refractivity contribution in [2.24, 2.45) is 5.84 Å². The van der Waals surface area contributed by atoms with Gasteiger partial charge < -0.3 is 5.32 Å². The third-order valence-corrected chi connectivity index (χ3v) is 4.51. The highest BCUT2D eigenvalue weighted by Gasteiger charge is 2.08. The normalized spacial score (nSPS) is 12.6. The maximum absolute atomic E-state index is 11.3. The average molecular weight is 285 g/mol. The fourth-order valence-corrected chi connectivity index (χ4v) is 2.86. The standard InChI is InChI=1S/C10H15N5OS2/c1-2-18(16)6-4-12-8-7-3-5-17-9(7)14-10(13-8)15-11/h3,5H,2,4,6,11H2,1H3,(H2,12,13,14,15). The van der Waals surface area contributed by atoms with Crippen LogP contribution in [0.2, 0.25) is 0 Å². The Morgan fingerprint density at radius 2 is 2.33 bits per heavy atom. The van der Waals surface area contributed by atoms with Crippen LogP contribution in [-0.4, -0.2) is 32.2 Å². The van der Waals surface area contributed by atoms with Crippen molar-refractivity contribution in [1.82, 2.24) is 9.97 Å². The van der Waals surface area contributed by atoms with Gasteiger partial charge in [0.25, 0.3) is 0 Å². The minimum atomic E-state index is -0.776. The highest BCUT2D eigenvalue weighted by molar-refractivity contribution is 7.84. The fourth-order valence-electron chi connectivity index (χ4n) is 1.48. The summed E-state index contributed by atoms with van der Waals surface area (Å²) in [5.41, 5.74) is 2.44. The third-order valence-electron chi connectivity index (χ3n) is 2.40. The lowest BCUT2D eigenvalue weighted by molar-refractivity contribution is 0.684. The van der Waals surface area contributed by atoms with Crippen LogP contribution in [0.5, 0.6) is 0 Å². The van der Waals surface area contributed by atoms with Crippen molar-refractivity contribution >= 4 is 44.1 Å². The summed E-state index contributed by atoms with van der Waals surface area (Å²) in [6.45, 7) is 2.53. The number of hydrogen-bond donors (Lipinski definition) is 3. The molecule has 1 atom stereocenters. The van der Waals surface area contributed by atoms with Crippen LogP contribution in [0.1, 0.15) is 6.92 Å². The van der Waals surface area contributed by atoms with Crippen LogP contribution in [0.25, 0.3) is 10.2 Å². The number of nitrogens with one attached hydrogen (secondary N) is 2. The van der Waals surface area contributed by atoms with E-state index in [0.29, 0.717) is 24.0 Å². The maximum atomic E-state index is 11.3. The van der Waals surface area contributed by atoms with Crippen LogP contribution < -0.4 is 16.6 Å². The van der Waals surface area contributed by atoms with Crippen LogP contribution >= 0.6 is 11.3 Å². The first kappa shape index (κ1) is 13.2. The van der Waals surface area contributed by atoms with Crippen LogP contribution in [0, 0.1) is 0 Å². The molecule has 4 N–H and O–H groups in total. The summed E-state index contributed by atoms with van der Waals surface area (Å²) in [7, 11) is -0.776. The maximum Gasteiger partial charge on any atom is 0.240 e. The average Bonchev–Trinajstić information content (AvgIpc) is 2.86. The summed E-state index contributed by atoms with van der Waals surface area (Å²) in [5, 5.41) is 6.09. The predicted molar refractivity (Wildman–Crippen MR) is 77.3 cm³/mol. The van der Waals surface area contributed by atoms with E-state index in [9.17, 15) is 4.21 Å². The second kappa shape index (κ2) is 6.07. The van der Waals surface area contributed by atoms with Gasteiger partial charge >= 0.3 is 0 Å². The van der Waals surface area contributed by atoms with Crippen molar-refractivity contribution < 1.29 is 4.21 Å². The largest absolute Gasteiger partial charge is 0.368 e. The molecule has 0 spiro atoms. The van der Waals surface area contributed by atoms with Crippen molar-refractivity contribution in [3.8, 4) is 0 Å². The molecule has 0 saturated carbocycles. The topological polar surface area (TPSA) is 92.9 Å². The molecule has 8 heteroatoms. The number of hydrazine groups is 1. The molecule has 18 heavy (non-hydrogen) atoms. The van der Waals surface area contributed by atoms with Crippen molar-refractivity contribution in [1.29, 1.82) is 0 Å².